The largest absolute Gasteiger partial charge is 0.382 e. The number of ketones is 1. The Bertz CT molecular complexity index is 763. The van der Waals surface area contributed by atoms with Crippen molar-refractivity contribution in [1.82, 2.24) is 9.80 Å². The van der Waals surface area contributed by atoms with Crippen molar-refractivity contribution in [1.29, 1.82) is 0 Å². The Balaban J connectivity index is 2.47. The number of likely N-dealkylation sites (tertiary alicyclic amines) is 1. The molecular weight excluding hydrogens is 480 g/mol. The van der Waals surface area contributed by atoms with Crippen LogP contribution in [0.4, 0.5) is 0 Å². The number of nitrogens with zero attached hydrogens (tertiary/aromatic N) is 2. The van der Waals surface area contributed by atoms with Crippen LogP contribution in [0.15, 0.2) is 23.8 Å². The zero-order chi connectivity index (χ0) is 28.3. The first-order chi connectivity index (χ1) is 18.3. The fourth-order valence-corrected chi connectivity index (χ4v) is 5.05. The summed E-state index contributed by atoms with van der Waals surface area (Å²) in [5.41, 5.74) is 1.37. The van der Waals surface area contributed by atoms with Crippen molar-refractivity contribution in [2.75, 3.05) is 34.4 Å². The van der Waals surface area contributed by atoms with Crippen LogP contribution in [-0.4, -0.2) is 80.0 Å². The molecule has 0 bridgehead atoms. The second kappa shape index (κ2) is 20.0. The number of ether oxygens (including phenoxy) is 2. The average Bonchev–Trinajstić information content (AvgIpc) is 3.40. The minimum atomic E-state index is -0.723. The summed E-state index contributed by atoms with van der Waals surface area (Å²) in [5, 5.41) is 0. The number of carbonyl (C=O) groups excluding carboxylic acids is 3. The highest BCUT2D eigenvalue weighted by Crippen LogP contribution is 2.21. The lowest BCUT2D eigenvalue weighted by molar-refractivity contribution is -0.148. The number of carbonyl (C=O) groups is 3. The number of rotatable bonds is 20. The lowest BCUT2D eigenvalue weighted by Gasteiger charge is -2.32. The topological polar surface area (TPSA) is 76.2 Å². The lowest BCUT2D eigenvalue weighted by atomic mass is 10.0. The minimum Gasteiger partial charge on any atom is -0.382 e. The molecule has 1 fully saturated rings. The second-order valence-corrected chi connectivity index (χ2v) is 10.7. The van der Waals surface area contributed by atoms with E-state index in [0.717, 1.165) is 19.3 Å². The van der Waals surface area contributed by atoms with E-state index in [1.165, 1.54) is 69.5 Å². The molecule has 218 valence electrons. The van der Waals surface area contributed by atoms with Crippen LogP contribution in [-0.2, 0) is 23.9 Å². The maximum absolute atomic E-state index is 13.2. The summed E-state index contributed by atoms with van der Waals surface area (Å²) in [5.74, 6) is -0.335. The third kappa shape index (κ3) is 12.7. The van der Waals surface area contributed by atoms with Crippen LogP contribution < -0.4 is 0 Å². The van der Waals surface area contributed by atoms with Gasteiger partial charge in [-0.15, -0.1) is 0 Å². The van der Waals surface area contributed by atoms with Gasteiger partial charge in [-0.05, 0) is 52.4 Å². The summed E-state index contributed by atoms with van der Waals surface area (Å²) >= 11 is 0. The van der Waals surface area contributed by atoms with Gasteiger partial charge in [0.15, 0.2) is 5.78 Å². The maximum Gasteiger partial charge on any atom is 0.248 e. The highest BCUT2D eigenvalue weighted by Gasteiger charge is 2.37. The van der Waals surface area contributed by atoms with E-state index in [-0.39, 0.29) is 30.3 Å². The Morgan fingerprint density at radius 1 is 1.00 bits per heavy atom. The van der Waals surface area contributed by atoms with Crippen LogP contribution in [0.2, 0.25) is 0 Å². The molecule has 1 saturated heterocycles. The summed E-state index contributed by atoms with van der Waals surface area (Å²) in [7, 11) is 4.90. The first-order valence-electron chi connectivity index (χ1n) is 14.7. The zero-order valence-corrected chi connectivity index (χ0v) is 25.0. The first kappa shape index (κ1) is 34.0. The number of methoxy groups -OCH3 is 2. The molecule has 0 spiro atoms. The van der Waals surface area contributed by atoms with Crippen LogP contribution in [0.25, 0.3) is 0 Å². The van der Waals surface area contributed by atoms with Gasteiger partial charge in [0.05, 0.1) is 18.8 Å². The second-order valence-electron chi connectivity index (χ2n) is 10.7. The molecule has 0 aliphatic carbocycles. The Morgan fingerprint density at radius 3 is 2.32 bits per heavy atom. The van der Waals surface area contributed by atoms with E-state index in [0.29, 0.717) is 25.8 Å². The van der Waals surface area contributed by atoms with Gasteiger partial charge in [0.1, 0.15) is 6.04 Å². The van der Waals surface area contributed by atoms with Crippen LogP contribution in [0, 0.1) is 0 Å². The number of allylic oxidation sites excluding steroid dienone is 2. The summed E-state index contributed by atoms with van der Waals surface area (Å²) < 4.78 is 10.9. The number of hydrogen-bond donors (Lipinski definition) is 0. The molecule has 2 amide bonds. The molecule has 1 aliphatic heterocycles. The average molecular weight is 535 g/mol. The van der Waals surface area contributed by atoms with E-state index in [9.17, 15) is 14.4 Å². The molecule has 0 N–H and O–H groups in total. The molecule has 1 aliphatic rings. The van der Waals surface area contributed by atoms with Gasteiger partial charge in [0.25, 0.3) is 0 Å². The summed E-state index contributed by atoms with van der Waals surface area (Å²) in [4.78, 5) is 41.1. The highest BCUT2D eigenvalue weighted by atomic mass is 16.5. The Morgan fingerprint density at radius 2 is 1.68 bits per heavy atom. The highest BCUT2D eigenvalue weighted by molar-refractivity contribution is 5.92. The molecule has 38 heavy (non-hydrogen) atoms. The molecule has 0 radical (unpaired) electrons. The lowest BCUT2D eigenvalue weighted by Crippen LogP contribution is -2.53. The van der Waals surface area contributed by atoms with E-state index in [1.807, 2.05) is 6.08 Å². The third-order valence-electron chi connectivity index (χ3n) is 7.48. The van der Waals surface area contributed by atoms with Crippen LogP contribution in [0.3, 0.4) is 0 Å². The van der Waals surface area contributed by atoms with E-state index in [1.54, 1.807) is 19.1 Å². The number of amides is 2. The SMILES string of the molecule is CCCCCCCCC/C(C)=C/[C@@H](C/C=C/CCC(=O)N(C)[C@@H](COC)C(=O)N1CCC[C@H]1C(C)=O)OC. The molecule has 0 aromatic heterocycles. The van der Waals surface area contributed by atoms with Gasteiger partial charge in [0.2, 0.25) is 11.8 Å². The summed E-state index contributed by atoms with van der Waals surface area (Å²) in [6.45, 7) is 6.60. The summed E-state index contributed by atoms with van der Waals surface area (Å²) in [6.07, 6.45) is 19.8. The van der Waals surface area contributed by atoms with E-state index >= 15 is 0 Å². The van der Waals surface area contributed by atoms with Crippen LogP contribution >= 0.6 is 0 Å². The molecular formula is C31H54N2O5. The van der Waals surface area contributed by atoms with Crippen molar-refractivity contribution in [2.24, 2.45) is 0 Å². The number of likely N-dealkylation sites (N-methyl/N-ethyl adjacent to an activating group) is 1. The Labute approximate surface area is 232 Å². The molecule has 0 saturated carbocycles. The van der Waals surface area contributed by atoms with Crippen molar-refractivity contribution in [2.45, 2.75) is 122 Å². The van der Waals surface area contributed by atoms with Crippen molar-refractivity contribution in [3.8, 4) is 0 Å². The number of Topliss-reactive ketones (excluding diaryl/α,β-unsaturated/α-hetero) is 1. The van der Waals surface area contributed by atoms with E-state index in [2.05, 4.69) is 26.0 Å². The first-order valence-corrected chi connectivity index (χ1v) is 14.7. The molecule has 0 aromatic rings. The maximum atomic E-state index is 13.2. The van der Waals surface area contributed by atoms with Crippen molar-refractivity contribution in [3.63, 3.8) is 0 Å². The fraction of sp³-hybridized carbons (Fsp3) is 0.774. The molecule has 3 atom stereocenters. The minimum absolute atomic E-state index is 0.0108. The van der Waals surface area contributed by atoms with Gasteiger partial charge < -0.3 is 19.3 Å². The van der Waals surface area contributed by atoms with E-state index < -0.39 is 12.1 Å². The normalized spacial score (nSPS) is 17.7. The van der Waals surface area contributed by atoms with Gasteiger partial charge in [0, 0.05) is 34.2 Å². The predicted octanol–water partition coefficient (Wildman–Crippen LogP) is 5.87. The van der Waals surface area contributed by atoms with Gasteiger partial charge in [-0.2, -0.15) is 0 Å². The van der Waals surface area contributed by atoms with Crippen LogP contribution in [0.1, 0.15) is 104 Å². The Kier molecular flexibility index (Phi) is 17.9. The Hall–Kier alpha value is -1.99. The molecule has 0 aromatic carbocycles. The molecule has 1 heterocycles. The fourth-order valence-electron chi connectivity index (χ4n) is 5.05. The standard InChI is InChI=1S/C31H54N2O5/c1-7-8-9-10-11-12-14-18-25(2)23-27(38-6)19-15-13-16-21-30(35)32(4)29(24-37-5)31(36)33-22-17-20-28(33)26(3)34/h13,15,23,27-29H,7-12,14,16-22,24H2,1-6H3/b15-13+,25-23+/t27-,28+,29+/m1/s1. The zero-order valence-electron chi connectivity index (χ0n) is 25.0. The third-order valence-corrected chi connectivity index (χ3v) is 7.48. The molecule has 0 unspecified atom stereocenters. The molecule has 1 rings (SSSR count). The predicted molar refractivity (Wildman–Crippen MR) is 154 cm³/mol. The molecule has 7 heteroatoms. The molecule has 7 nitrogen and oxygen atoms in total. The van der Waals surface area contributed by atoms with Crippen molar-refractivity contribution < 1.29 is 23.9 Å². The monoisotopic (exact) mass is 534 g/mol. The van der Waals surface area contributed by atoms with Gasteiger partial charge in [-0.3, -0.25) is 14.4 Å². The smallest absolute Gasteiger partial charge is 0.248 e. The summed E-state index contributed by atoms with van der Waals surface area (Å²) in [6, 6.07) is -1.12. The van der Waals surface area contributed by atoms with Gasteiger partial charge in [-0.25, -0.2) is 0 Å². The number of hydrogen-bond acceptors (Lipinski definition) is 5. The van der Waals surface area contributed by atoms with Crippen molar-refractivity contribution in [3.05, 3.63) is 23.8 Å². The quantitative estimate of drug-likeness (QED) is 0.144. The van der Waals surface area contributed by atoms with Gasteiger partial charge in [-0.1, -0.05) is 69.2 Å². The van der Waals surface area contributed by atoms with Crippen molar-refractivity contribution >= 4 is 17.6 Å². The van der Waals surface area contributed by atoms with Crippen LogP contribution in [0.5, 0.6) is 0 Å². The van der Waals surface area contributed by atoms with Gasteiger partial charge >= 0.3 is 0 Å². The number of unbranched alkanes of at least 4 members (excludes halogenated alkanes) is 6. The van der Waals surface area contributed by atoms with E-state index in [4.69, 9.17) is 9.47 Å².